The first-order chi connectivity index (χ1) is 11.9. The smallest absolute Gasteiger partial charge is 0.329 e. The Morgan fingerprint density at radius 1 is 1.28 bits per heavy atom. The number of urea groups is 1. The molecule has 0 aliphatic carbocycles. The van der Waals surface area contributed by atoms with Crippen molar-refractivity contribution in [2.75, 3.05) is 6.54 Å². The number of piperidine rings is 1. The maximum atomic E-state index is 12.3. The molecule has 1 aromatic carbocycles. The number of non-ortho nitro benzene ring substituents is 1. The van der Waals surface area contributed by atoms with Crippen molar-refractivity contribution in [3.05, 3.63) is 39.9 Å². The van der Waals surface area contributed by atoms with Crippen LogP contribution in [0.3, 0.4) is 0 Å². The van der Waals surface area contributed by atoms with Gasteiger partial charge in [-0.15, -0.1) is 0 Å². The molecule has 2 fully saturated rings. The lowest BCUT2D eigenvalue weighted by Gasteiger charge is -2.28. The number of ether oxygens (including phenoxy) is 1. The quantitative estimate of drug-likeness (QED) is 0.463. The van der Waals surface area contributed by atoms with E-state index in [1.807, 2.05) is 0 Å². The molecule has 2 saturated heterocycles. The third kappa shape index (κ3) is 3.17. The molecule has 0 radical (unpaired) electrons. The van der Waals surface area contributed by atoms with Crippen LogP contribution in [-0.4, -0.2) is 51.3 Å². The van der Waals surface area contributed by atoms with Crippen molar-refractivity contribution in [1.29, 1.82) is 0 Å². The second kappa shape index (κ2) is 6.50. The molecule has 2 atom stereocenters. The number of benzene rings is 1. The maximum Gasteiger partial charge on any atom is 0.329 e. The minimum absolute atomic E-state index is 0.0325. The van der Waals surface area contributed by atoms with E-state index in [1.54, 1.807) is 0 Å². The summed E-state index contributed by atoms with van der Waals surface area (Å²) in [5.74, 6) is -0.854. The molecular weight excluding hydrogens is 330 g/mol. The zero-order chi connectivity index (χ0) is 18.1. The Balaban J connectivity index is 1.61. The Hall–Kier alpha value is -2.97. The van der Waals surface area contributed by atoms with Crippen LogP contribution in [0.5, 0.6) is 0 Å². The highest BCUT2D eigenvalue weighted by molar-refractivity contribution is 5.97. The van der Waals surface area contributed by atoms with Gasteiger partial charge in [0.25, 0.3) is 5.69 Å². The normalized spacial score (nSPS) is 22.0. The van der Waals surface area contributed by atoms with Crippen molar-refractivity contribution in [2.45, 2.75) is 38.5 Å². The van der Waals surface area contributed by atoms with Crippen LogP contribution in [0.4, 0.5) is 10.5 Å². The first kappa shape index (κ1) is 16.9. The minimum atomic E-state index is -0.703. The lowest BCUT2D eigenvalue weighted by molar-refractivity contribution is -0.384. The Labute approximate surface area is 143 Å². The fraction of sp³-hybridized carbons (Fsp3) is 0.438. The Morgan fingerprint density at radius 2 is 1.96 bits per heavy atom. The van der Waals surface area contributed by atoms with Crippen LogP contribution in [0, 0.1) is 10.1 Å². The summed E-state index contributed by atoms with van der Waals surface area (Å²) in [6, 6.07) is 4.37. The zero-order valence-corrected chi connectivity index (χ0v) is 13.6. The molecule has 9 nitrogen and oxygen atoms in total. The van der Waals surface area contributed by atoms with Crippen LogP contribution >= 0.6 is 0 Å². The molecular formula is C16H17N3O6. The van der Waals surface area contributed by atoms with E-state index < -0.39 is 23.0 Å². The molecule has 3 amide bonds. The number of imide groups is 1. The highest BCUT2D eigenvalue weighted by atomic mass is 16.6. The molecule has 1 unspecified atom stereocenters. The predicted molar refractivity (Wildman–Crippen MR) is 84.3 cm³/mol. The van der Waals surface area contributed by atoms with E-state index >= 15 is 0 Å². The van der Waals surface area contributed by atoms with Gasteiger partial charge in [0, 0.05) is 25.6 Å². The zero-order valence-electron chi connectivity index (χ0n) is 13.6. The van der Waals surface area contributed by atoms with Gasteiger partial charge < -0.3 is 9.64 Å². The number of amides is 3. The molecule has 2 bridgehead atoms. The topological polar surface area (TPSA) is 110 Å². The fourth-order valence-corrected chi connectivity index (χ4v) is 3.27. The number of hydrogen-bond acceptors (Lipinski definition) is 6. The van der Waals surface area contributed by atoms with Gasteiger partial charge in [0.2, 0.25) is 5.91 Å². The van der Waals surface area contributed by atoms with Crippen molar-refractivity contribution in [1.82, 2.24) is 9.80 Å². The molecule has 2 aliphatic rings. The first-order valence-electron chi connectivity index (χ1n) is 7.89. The molecule has 2 heterocycles. The van der Waals surface area contributed by atoms with Crippen molar-refractivity contribution in [3.63, 3.8) is 0 Å². The second-order valence-corrected chi connectivity index (χ2v) is 6.10. The number of carbonyl (C=O) groups is 3. The van der Waals surface area contributed by atoms with Crippen LogP contribution < -0.4 is 0 Å². The summed E-state index contributed by atoms with van der Waals surface area (Å²) in [6.45, 7) is 1.65. The predicted octanol–water partition coefficient (Wildman–Crippen LogP) is 1.45. The van der Waals surface area contributed by atoms with E-state index in [2.05, 4.69) is 0 Å². The summed E-state index contributed by atoms with van der Waals surface area (Å²) in [7, 11) is 0. The summed E-state index contributed by atoms with van der Waals surface area (Å²) in [5, 5.41) is 10.6. The average Bonchev–Trinajstić information content (AvgIpc) is 2.84. The van der Waals surface area contributed by atoms with E-state index in [-0.39, 0.29) is 24.2 Å². The van der Waals surface area contributed by atoms with Crippen LogP contribution in [0.15, 0.2) is 24.3 Å². The van der Waals surface area contributed by atoms with E-state index in [0.717, 1.165) is 0 Å². The number of carbonyl (C=O) groups excluding carboxylic acids is 3. The SMILES string of the molecule is CC(=O)N1C(=O)N2C[C@H]1CCC2C(=O)OCc1ccc([N+](=O)[O-])cc1. The van der Waals surface area contributed by atoms with Crippen molar-refractivity contribution in [3.8, 4) is 0 Å². The standard InChI is InChI=1S/C16H17N3O6/c1-10(20)18-13-6-7-14(17(8-13)16(18)22)15(21)25-9-11-2-4-12(5-3-11)19(23)24/h2-5,13-14H,6-9H2,1H3/t13-,14?/m1/s1. The summed E-state index contributed by atoms with van der Waals surface area (Å²) in [4.78, 5) is 48.9. The lowest BCUT2D eigenvalue weighted by Crippen LogP contribution is -2.45. The third-order valence-electron chi connectivity index (χ3n) is 4.51. The molecule has 9 heteroatoms. The number of nitro groups is 1. The van der Waals surface area contributed by atoms with Gasteiger partial charge >= 0.3 is 12.0 Å². The van der Waals surface area contributed by atoms with Gasteiger partial charge in [-0.3, -0.25) is 19.8 Å². The van der Waals surface area contributed by atoms with Gasteiger partial charge in [-0.25, -0.2) is 9.59 Å². The molecule has 25 heavy (non-hydrogen) atoms. The minimum Gasteiger partial charge on any atom is -0.459 e. The molecule has 0 saturated carbocycles. The third-order valence-corrected chi connectivity index (χ3v) is 4.51. The Morgan fingerprint density at radius 3 is 2.56 bits per heavy atom. The van der Waals surface area contributed by atoms with E-state index in [4.69, 9.17) is 4.74 Å². The molecule has 0 spiro atoms. The van der Waals surface area contributed by atoms with Crippen LogP contribution in [0.1, 0.15) is 25.3 Å². The maximum absolute atomic E-state index is 12.3. The number of rotatable bonds is 4. The summed E-state index contributed by atoms with van der Waals surface area (Å²) < 4.78 is 5.26. The lowest BCUT2D eigenvalue weighted by atomic mass is 10.0. The summed E-state index contributed by atoms with van der Waals surface area (Å²) in [6.07, 6.45) is 1.01. The van der Waals surface area contributed by atoms with Gasteiger partial charge in [-0.05, 0) is 30.5 Å². The van der Waals surface area contributed by atoms with E-state index in [9.17, 15) is 24.5 Å². The molecule has 3 rings (SSSR count). The molecule has 0 aromatic heterocycles. The monoisotopic (exact) mass is 347 g/mol. The van der Waals surface area contributed by atoms with E-state index in [1.165, 1.54) is 41.0 Å². The van der Waals surface area contributed by atoms with Gasteiger partial charge in [0.05, 0.1) is 11.0 Å². The number of hydrogen-bond donors (Lipinski definition) is 0. The second-order valence-electron chi connectivity index (χ2n) is 6.10. The average molecular weight is 347 g/mol. The van der Waals surface area contributed by atoms with Gasteiger partial charge in [0.15, 0.2) is 0 Å². The fourth-order valence-electron chi connectivity index (χ4n) is 3.27. The van der Waals surface area contributed by atoms with Crippen molar-refractivity contribution >= 4 is 23.6 Å². The Bertz CT molecular complexity index is 732. The van der Waals surface area contributed by atoms with Crippen molar-refractivity contribution < 1.29 is 24.0 Å². The number of nitro benzene ring substituents is 1. The molecule has 0 N–H and O–H groups in total. The number of fused-ring (bicyclic) bond motifs is 2. The molecule has 1 aromatic rings. The highest BCUT2D eigenvalue weighted by Gasteiger charge is 2.48. The van der Waals surface area contributed by atoms with Crippen LogP contribution in [0.25, 0.3) is 0 Å². The Kier molecular flexibility index (Phi) is 4.39. The van der Waals surface area contributed by atoms with Gasteiger partial charge in [0.1, 0.15) is 12.6 Å². The van der Waals surface area contributed by atoms with Gasteiger partial charge in [-0.2, -0.15) is 0 Å². The molecule has 2 aliphatic heterocycles. The summed E-state index contributed by atoms with van der Waals surface area (Å²) in [5.41, 5.74) is 0.575. The largest absolute Gasteiger partial charge is 0.459 e. The molecule has 132 valence electrons. The van der Waals surface area contributed by atoms with Crippen molar-refractivity contribution in [2.24, 2.45) is 0 Å². The van der Waals surface area contributed by atoms with E-state index in [0.29, 0.717) is 24.9 Å². The van der Waals surface area contributed by atoms with Crippen LogP contribution in [0.2, 0.25) is 0 Å². The van der Waals surface area contributed by atoms with Crippen LogP contribution in [-0.2, 0) is 20.9 Å². The first-order valence-corrected chi connectivity index (χ1v) is 7.89. The highest BCUT2D eigenvalue weighted by Crippen LogP contribution is 2.30. The van der Waals surface area contributed by atoms with Gasteiger partial charge in [-0.1, -0.05) is 0 Å². The number of esters is 1. The summed E-state index contributed by atoms with van der Waals surface area (Å²) >= 11 is 0. The number of nitrogens with zero attached hydrogens (tertiary/aromatic N) is 3.